The van der Waals surface area contributed by atoms with E-state index < -0.39 is 0 Å². The molecule has 0 bridgehead atoms. The third-order valence-electron chi connectivity index (χ3n) is 3.18. The van der Waals surface area contributed by atoms with Gasteiger partial charge in [0.05, 0.1) is 27.5 Å². The molecule has 1 heterocycles. The molecule has 21 heavy (non-hydrogen) atoms. The van der Waals surface area contributed by atoms with Gasteiger partial charge in [-0.05, 0) is 24.6 Å². The van der Waals surface area contributed by atoms with Crippen LogP contribution in [-0.4, -0.2) is 8.75 Å². The molecule has 1 atom stereocenters. The molecule has 0 fully saturated rings. The Hall–Kier alpha value is -0.880. The third-order valence-corrected chi connectivity index (χ3v) is 5.01. The van der Waals surface area contributed by atoms with Gasteiger partial charge in [-0.25, -0.2) is 0 Å². The van der Waals surface area contributed by atoms with Gasteiger partial charge in [0.25, 0.3) is 0 Å². The van der Waals surface area contributed by atoms with Crippen LogP contribution in [0, 0.1) is 0 Å². The Balaban J connectivity index is 2.02. The van der Waals surface area contributed by atoms with Gasteiger partial charge < -0.3 is 5.32 Å². The molecule has 108 valence electrons. The summed E-state index contributed by atoms with van der Waals surface area (Å²) in [5.74, 6) is 0. The summed E-state index contributed by atoms with van der Waals surface area (Å²) in [6, 6.07) is 9.81. The molecule has 0 saturated carbocycles. The van der Waals surface area contributed by atoms with E-state index in [-0.39, 0.29) is 6.04 Å². The second kappa shape index (κ2) is 6.08. The van der Waals surface area contributed by atoms with E-state index in [4.69, 9.17) is 23.2 Å². The summed E-state index contributed by atoms with van der Waals surface area (Å²) < 4.78 is 9.55. The van der Waals surface area contributed by atoms with Crippen molar-refractivity contribution in [3.05, 3.63) is 50.4 Å². The number of hydrogen-bond acceptors (Lipinski definition) is 4. The zero-order valence-corrected chi connectivity index (χ0v) is 14.8. The Labute approximate surface area is 144 Å². The highest BCUT2D eigenvalue weighted by molar-refractivity contribution is 9.10. The van der Waals surface area contributed by atoms with E-state index in [1.54, 1.807) is 6.07 Å². The number of nitrogens with one attached hydrogen (secondary N) is 1. The topological polar surface area (TPSA) is 37.8 Å². The molecular formula is C14H10BrCl2N3S. The molecule has 7 heteroatoms. The van der Waals surface area contributed by atoms with Crippen LogP contribution in [0.1, 0.15) is 18.5 Å². The van der Waals surface area contributed by atoms with Gasteiger partial charge in [0.1, 0.15) is 11.0 Å². The van der Waals surface area contributed by atoms with Gasteiger partial charge in [0.15, 0.2) is 0 Å². The van der Waals surface area contributed by atoms with Crippen LogP contribution < -0.4 is 5.32 Å². The van der Waals surface area contributed by atoms with Crippen molar-refractivity contribution in [2.45, 2.75) is 13.0 Å². The van der Waals surface area contributed by atoms with E-state index in [0.29, 0.717) is 21.1 Å². The van der Waals surface area contributed by atoms with Gasteiger partial charge >= 0.3 is 0 Å². The summed E-state index contributed by atoms with van der Waals surface area (Å²) in [4.78, 5) is 0. The van der Waals surface area contributed by atoms with Crippen LogP contribution in [0.2, 0.25) is 10.0 Å². The third kappa shape index (κ3) is 2.88. The summed E-state index contributed by atoms with van der Waals surface area (Å²) in [7, 11) is 0. The van der Waals surface area contributed by atoms with Gasteiger partial charge in [0, 0.05) is 10.5 Å². The smallest absolute Gasteiger partial charge is 0.130 e. The quantitative estimate of drug-likeness (QED) is 0.589. The van der Waals surface area contributed by atoms with Gasteiger partial charge in [-0.1, -0.05) is 57.3 Å². The SMILES string of the molecule is CC(Nc1c(Cl)cc(Cl)c2nsnc12)c1ccccc1Br. The molecule has 0 spiro atoms. The number of aromatic nitrogens is 2. The first-order valence-corrected chi connectivity index (χ1v) is 8.47. The van der Waals surface area contributed by atoms with E-state index in [9.17, 15) is 0 Å². The van der Waals surface area contributed by atoms with Crippen molar-refractivity contribution >= 4 is 67.6 Å². The molecule has 0 aliphatic carbocycles. The van der Waals surface area contributed by atoms with Crippen molar-refractivity contribution in [2.75, 3.05) is 5.32 Å². The number of nitrogens with zero attached hydrogens (tertiary/aromatic N) is 2. The molecular weight excluding hydrogens is 393 g/mol. The monoisotopic (exact) mass is 401 g/mol. The molecule has 0 aliphatic heterocycles. The summed E-state index contributed by atoms with van der Waals surface area (Å²) in [5.41, 5.74) is 3.28. The molecule has 1 N–H and O–H groups in total. The molecule has 0 aliphatic rings. The van der Waals surface area contributed by atoms with E-state index in [1.165, 1.54) is 0 Å². The average molecular weight is 403 g/mol. The van der Waals surface area contributed by atoms with Crippen molar-refractivity contribution in [3.63, 3.8) is 0 Å². The first-order chi connectivity index (χ1) is 10.1. The van der Waals surface area contributed by atoms with Gasteiger partial charge in [-0.15, -0.1) is 0 Å². The van der Waals surface area contributed by atoms with Crippen molar-refractivity contribution in [1.82, 2.24) is 8.75 Å². The average Bonchev–Trinajstić information content (AvgIpc) is 2.93. The molecule has 2 aromatic carbocycles. The maximum atomic E-state index is 6.31. The Bertz CT molecular complexity index is 806. The van der Waals surface area contributed by atoms with Crippen molar-refractivity contribution in [1.29, 1.82) is 0 Å². The molecule has 1 unspecified atom stereocenters. The number of anilines is 1. The van der Waals surface area contributed by atoms with E-state index in [1.807, 2.05) is 18.2 Å². The first-order valence-electron chi connectivity index (χ1n) is 6.19. The van der Waals surface area contributed by atoms with Crippen molar-refractivity contribution < 1.29 is 0 Å². The predicted molar refractivity (Wildman–Crippen MR) is 93.6 cm³/mol. The molecule has 0 amide bonds. The van der Waals surface area contributed by atoms with Crippen LogP contribution in [-0.2, 0) is 0 Å². The zero-order valence-electron chi connectivity index (χ0n) is 10.9. The fraction of sp³-hybridized carbons (Fsp3) is 0.143. The summed E-state index contributed by atoms with van der Waals surface area (Å²) in [5, 5.41) is 4.46. The molecule has 3 aromatic rings. The van der Waals surface area contributed by atoms with Crippen LogP contribution in [0.4, 0.5) is 5.69 Å². The normalized spacial score (nSPS) is 12.6. The van der Waals surface area contributed by atoms with Crippen molar-refractivity contribution in [3.8, 4) is 0 Å². The van der Waals surface area contributed by atoms with Gasteiger partial charge in [-0.2, -0.15) is 8.75 Å². The minimum atomic E-state index is 0.0594. The summed E-state index contributed by atoms with van der Waals surface area (Å²) >= 11 is 17.1. The number of hydrogen-bond donors (Lipinski definition) is 1. The standard InChI is InChI=1S/C14H10BrCl2N3S/c1-7(8-4-2-3-5-9(8)15)18-12-10(16)6-11(17)13-14(12)20-21-19-13/h2-7,18H,1H3. The van der Waals surface area contributed by atoms with Crippen LogP contribution in [0.3, 0.4) is 0 Å². The minimum absolute atomic E-state index is 0.0594. The highest BCUT2D eigenvalue weighted by Crippen LogP contribution is 2.37. The van der Waals surface area contributed by atoms with E-state index in [2.05, 4.69) is 43.0 Å². The van der Waals surface area contributed by atoms with Crippen LogP contribution in [0.15, 0.2) is 34.8 Å². The van der Waals surface area contributed by atoms with E-state index >= 15 is 0 Å². The van der Waals surface area contributed by atoms with Gasteiger partial charge in [0.2, 0.25) is 0 Å². The number of halogens is 3. The minimum Gasteiger partial charge on any atom is -0.375 e. The van der Waals surface area contributed by atoms with Crippen LogP contribution in [0.5, 0.6) is 0 Å². The lowest BCUT2D eigenvalue weighted by atomic mass is 10.1. The highest BCUT2D eigenvalue weighted by atomic mass is 79.9. The Morgan fingerprint density at radius 3 is 2.62 bits per heavy atom. The molecule has 3 rings (SSSR count). The van der Waals surface area contributed by atoms with E-state index in [0.717, 1.165) is 27.5 Å². The zero-order chi connectivity index (χ0) is 15.0. The molecule has 3 nitrogen and oxygen atoms in total. The summed E-state index contributed by atoms with van der Waals surface area (Å²) in [6.07, 6.45) is 0. The largest absolute Gasteiger partial charge is 0.375 e. The molecule has 0 radical (unpaired) electrons. The fourth-order valence-electron chi connectivity index (χ4n) is 2.13. The molecule has 0 saturated heterocycles. The number of rotatable bonds is 3. The second-order valence-corrected chi connectivity index (χ2v) is 6.76. The number of benzene rings is 2. The fourth-order valence-corrected chi connectivity index (χ4v) is 3.93. The Kier molecular flexibility index (Phi) is 4.36. The lowest BCUT2D eigenvalue weighted by Gasteiger charge is -2.18. The maximum absolute atomic E-state index is 6.31. The Morgan fingerprint density at radius 1 is 1.14 bits per heavy atom. The van der Waals surface area contributed by atoms with Crippen LogP contribution >= 0.6 is 50.9 Å². The lowest BCUT2D eigenvalue weighted by Crippen LogP contribution is -2.08. The van der Waals surface area contributed by atoms with Gasteiger partial charge in [-0.3, -0.25) is 0 Å². The molecule has 1 aromatic heterocycles. The highest BCUT2D eigenvalue weighted by Gasteiger charge is 2.17. The Morgan fingerprint density at radius 2 is 1.86 bits per heavy atom. The number of fused-ring (bicyclic) bond motifs is 1. The second-order valence-electron chi connectivity index (χ2n) is 4.56. The van der Waals surface area contributed by atoms with Crippen LogP contribution in [0.25, 0.3) is 11.0 Å². The maximum Gasteiger partial charge on any atom is 0.130 e. The predicted octanol–water partition coefficient (Wildman–Crippen LogP) is 5.93. The lowest BCUT2D eigenvalue weighted by molar-refractivity contribution is 0.880. The van der Waals surface area contributed by atoms with Crippen molar-refractivity contribution in [2.24, 2.45) is 0 Å². The first kappa shape index (κ1) is 15.0. The summed E-state index contributed by atoms with van der Waals surface area (Å²) in [6.45, 7) is 2.07.